The summed E-state index contributed by atoms with van der Waals surface area (Å²) in [7, 11) is 5.38. The standard InChI is InChI=1S/C24H23ClN2O5/c1-26(2)17-7-4-14(5-8-17)21-20(23(29)24(30)27(21)10-11-31-3)22(28)19-13-15-12-16(25)6-9-18(15)32-19/h4-9,12-13,21,29H,10-11H2,1-3H3. The molecule has 8 heteroatoms. The SMILES string of the molecule is COCCN1C(=O)C(O)=C(C(=O)c2cc3cc(Cl)ccc3o2)C1c1ccc(N(C)C)cc1. The van der Waals surface area contributed by atoms with Gasteiger partial charge in [0, 0.05) is 43.8 Å². The minimum Gasteiger partial charge on any atom is -0.503 e. The molecule has 0 saturated heterocycles. The monoisotopic (exact) mass is 454 g/mol. The minimum absolute atomic E-state index is 0.0196. The van der Waals surface area contributed by atoms with Crippen LogP contribution in [-0.4, -0.2) is 56.1 Å². The molecular formula is C24H23ClN2O5. The summed E-state index contributed by atoms with van der Waals surface area (Å²) in [5.41, 5.74) is 2.14. The molecule has 1 amide bonds. The molecule has 2 heterocycles. The Bertz CT molecular complexity index is 1210. The van der Waals surface area contributed by atoms with Gasteiger partial charge in [-0.05, 0) is 42.0 Å². The maximum atomic E-state index is 13.5. The number of fused-ring (bicyclic) bond motifs is 1. The van der Waals surface area contributed by atoms with Crippen LogP contribution in [0, 0.1) is 0 Å². The van der Waals surface area contributed by atoms with Gasteiger partial charge in [-0.15, -0.1) is 0 Å². The highest BCUT2D eigenvalue weighted by Gasteiger charge is 2.44. The molecule has 7 nitrogen and oxygen atoms in total. The van der Waals surface area contributed by atoms with Crippen molar-refractivity contribution in [3.8, 4) is 0 Å². The molecule has 0 saturated carbocycles. The van der Waals surface area contributed by atoms with Crippen LogP contribution < -0.4 is 4.90 Å². The molecule has 2 aromatic carbocycles. The molecule has 1 atom stereocenters. The molecule has 3 aromatic rings. The molecule has 166 valence electrons. The number of carbonyl (C=O) groups is 2. The number of ketones is 1. The number of Topliss-reactive ketones (excluding diaryl/α,β-unsaturated/α-hetero) is 1. The average Bonchev–Trinajstić information content (AvgIpc) is 3.30. The predicted molar refractivity (Wildman–Crippen MR) is 122 cm³/mol. The number of methoxy groups -OCH3 is 1. The fraction of sp³-hybridized carbons (Fsp3) is 0.250. The number of hydrogen-bond donors (Lipinski definition) is 1. The number of benzene rings is 2. The number of aliphatic hydroxyl groups is 1. The zero-order valence-electron chi connectivity index (χ0n) is 18.0. The van der Waals surface area contributed by atoms with Crippen molar-refractivity contribution in [3.63, 3.8) is 0 Å². The van der Waals surface area contributed by atoms with E-state index in [0.29, 0.717) is 21.6 Å². The van der Waals surface area contributed by atoms with Gasteiger partial charge >= 0.3 is 0 Å². The highest BCUT2D eigenvalue weighted by molar-refractivity contribution is 6.31. The molecule has 32 heavy (non-hydrogen) atoms. The van der Waals surface area contributed by atoms with E-state index >= 15 is 0 Å². The van der Waals surface area contributed by atoms with Gasteiger partial charge in [-0.25, -0.2) is 0 Å². The zero-order chi connectivity index (χ0) is 23.0. The Morgan fingerprint density at radius 2 is 1.91 bits per heavy atom. The number of furan rings is 1. The lowest BCUT2D eigenvalue weighted by molar-refractivity contribution is -0.130. The van der Waals surface area contributed by atoms with Crippen LogP contribution >= 0.6 is 11.6 Å². The lowest BCUT2D eigenvalue weighted by Gasteiger charge is -2.26. The van der Waals surface area contributed by atoms with Crippen molar-refractivity contribution < 1.29 is 23.8 Å². The molecule has 0 fully saturated rings. The van der Waals surface area contributed by atoms with Gasteiger partial charge in [-0.1, -0.05) is 23.7 Å². The van der Waals surface area contributed by atoms with Crippen molar-refractivity contribution in [2.75, 3.05) is 39.3 Å². The van der Waals surface area contributed by atoms with E-state index in [1.165, 1.54) is 12.0 Å². The van der Waals surface area contributed by atoms with Crippen molar-refractivity contribution in [2.45, 2.75) is 6.04 Å². The number of anilines is 1. The van der Waals surface area contributed by atoms with Crippen LogP contribution in [0.5, 0.6) is 0 Å². The first-order valence-electron chi connectivity index (χ1n) is 10.1. The van der Waals surface area contributed by atoms with Crippen LogP contribution in [0.15, 0.2) is 64.3 Å². The molecule has 1 aliphatic rings. The van der Waals surface area contributed by atoms with Gasteiger partial charge in [-0.2, -0.15) is 0 Å². The molecule has 0 spiro atoms. The van der Waals surface area contributed by atoms with E-state index in [1.807, 2.05) is 43.3 Å². The number of amides is 1. The Morgan fingerprint density at radius 1 is 1.19 bits per heavy atom. The van der Waals surface area contributed by atoms with Gasteiger partial charge < -0.3 is 24.1 Å². The van der Waals surface area contributed by atoms with Crippen LogP contribution in [0.2, 0.25) is 5.02 Å². The van der Waals surface area contributed by atoms with Gasteiger partial charge in [0.1, 0.15) is 5.58 Å². The zero-order valence-corrected chi connectivity index (χ0v) is 18.7. The Balaban J connectivity index is 1.78. The number of carbonyl (C=O) groups excluding carboxylic acids is 2. The van der Waals surface area contributed by atoms with Gasteiger partial charge in [0.25, 0.3) is 5.91 Å². The molecule has 0 radical (unpaired) electrons. The summed E-state index contributed by atoms with van der Waals surface area (Å²) in [6.07, 6.45) is 0. The van der Waals surface area contributed by atoms with Crippen molar-refractivity contribution in [1.29, 1.82) is 0 Å². The molecule has 1 N–H and O–H groups in total. The predicted octanol–water partition coefficient (Wildman–Crippen LogP) is 4.38. The Kier molecular flexibility index (Phi) is 5.95. The quantitative estimate of drug-likeness (QED) is 0.533. The summed E-state index contributed by atoms with van der Waals surface area (Å²) in [6, 6.07) is 13.3. The first kappa shape index (κ1) is 21.9. The molecule has 0 aliphatic carbocycles. The normalized spacial score (nSPS) is 16.3. The first-order chi connectivity index (χ1) is 15.3. The first-order valence-corrected chi connectivity index (χ1v) is 10.4. The van der Waals surface area contributed by atoms with Gasteiger partial charge in [0.2, 0.25) is 5.78 Å². The number of ether oxygens (including phenoxy) is 1. The van der Waals surface area contributed by atoms with Gasteiger partial charge in [0.15, 0.2) is 11.5 Å². The fourth-order valence-electron chi connectivity index (χ4n) is 3.87. The Labute approximate surface area is 190 Å². The van der Waals surface area contributed by atoms with Gasteiger partial charge in [0.05, 0.1) is 18.2 Å². The summed E-state index contributed by atoms with van der Waals surface area (Å²) in [4.78, 5) is 29.8. The fourth-order valence-corrected chi connectivity index (χ4v) is 4.05. The average molecular weight is 455 g/mol. The summed E-state index contributed by atoms with van der Waals surface area (Å²) < 4.78 is 10.9. The maximum absolute atomic E-state index is 13.5. The topological polar surface area (TPSA) is 83.2 Å². The highest BCUT2D eigenvalue weighted by Crippen LogP contribution is 2.40. The molecule has 1 unspecified atom stereocenters. The summed E-state index contributed by atoms with van der Waals surface area (Å²) in [6.45, 7) is 0.474. The lowest BCUT2D eigenvalue weighted by Crippen LogP contribution is -2.34. The van der Waals surface area contributed by atoms with E-state index in [2.05, 4.69) is 0 Å². The maximum Gasteiger partial charge on any atom is 0.290 e. The van der Waals surface area contributed by atoms with E-state index in [1.54, 1.807) is 24.3 Å². The summed E-state index contributed by atoms with van der Waals surface area (Å²) in [5, 5.41) is 11.9. The van der Waals surface area contributed by atoms with Crippen LogP contribution in [0.25, 0.3) is 11.0 Å². The van der Waals surface area contributed by atoms with E-state index in [4.69, 9.17) is 20.8 Å². The number of rotatable bonds is 7. The van der Waals surface area contributed by atoms with Crippen LogP contribution in [0.4, 0.5) is 5.69 Å². The molecular weight excluding hydrogens is 432 g/mol. The smallest absolute Gasteiger partial charge is 0.290 e. The molecule has 1 aromatic heterocycles. The van der Waals surface area contributed by atoms with Crippen LogP contribution in [-0.2, 0) is 9.53 Å². The molecule has 1 aliphatic heterocycles. The second-order valence-corrected chi connectivity index (χ2v) is 8.20. The number of halogens is 1. The number of hydrogen-bond acceptors (Lipinski definition) is 6. The summed E-state index contributed by atoms with van der Waals surface area (Å²) in [5.74, 6) is -1.72. The second-order valence-electron chi connectivity index (χ2n) is 7.76. The largest absolute Gasteiger partial charge is 0.503 e. The third kappa shape index (κ3) is 3.85. The lowest BCUT2D eigenvalue weighted by atomic mass is 9.94. The third-order valence-corrected chi connectivity index (χ3v) is 5.75. The second kappa shape index (κ2) is 8.68. The van der Waals surface area contributed by atoms with E-state index in [9.17, 15) is 14.7 Å². The highest BCUT2D eigenvalue weighted by atomic mass is 35.5. The molecule has 4 rings (SSSR count). The van der Waals surface area contributed by atoms with E-state index in [0.717, 1.165) is 5.69 Å². The minimum atomic E-state index is -0.766. The molecule has 0 bridgehead atoms. The van der Waals surface area contributed by atoms with Crippen molar-refractivity contribution in [3.05, 3.63) is 76.2 Å². The van der Waals surface area contributed by atoms with E-state index < -0.39 is 23.5 Å². The van der Waals surface area contributed by atoms with Crippen LogP contribution in [0.3, 0.4) is 0 Å². The Hall–Kier alpha value is -3.29. The van der Waals surface area contributed by atoms with Crippen molar-refractivity contribution in [2.24, 2.45) is 0 Å². The third-order valence-electron chi connectivity index (χ3n) is 5.51. The van der Waals surface area contributed by atoms with E-state index in [-0.39, 0.29) is 24.5 Å². The van der Waals surface area contributed by atoms with Gasteiger partial charge in [-0.3, -0.25) is 9.59 Å². The van der Waals surface area contributed by atoms with Crippen molar-refractivity contribution >= 4 is 39.9 Å². The summed E-state index contributed by atoms with van der Waals surface area (Å²) >= 11 is 6.04. The number of nitrogens with zero attached hydrogens (tertiary/aromatic N) is 2. The Morgan fingerprint density at radius 3 is 2.56 bits per heavy atom. The van der Waals surface area contributed by atoms with Crippen molar-refractivity contribution in [1.82, 2.24) is 4.90 Å². The van der Waals surface area contributed by atoms with Crippen LogP contribution in [0.1, 0.15) is 22.2 Å². The number of aliphatic hydroxyl groups excluding tert-OH is 1.